The lowest BCUT2D eigenvalue weighted by molar-refractivity contribution is 0.0888. The number of nitrogens with zero attached hydrogens (tertiary/aromatic N) is 4. The molecule has 7 nitrogen and oxygen atoms in total. The van der Waals surface area contributed by atoms with Gasteiger partial charge in [-0.05, 0) is 61.1 Å². The second-order valence-electron chi connectivity index (χ2n) is 11.1. The van der Waals surface area contributed by atoms with Crippen LogP contribution in [0.3, 0.4) is 0 Å². The number of rotatable bonds is 16. The maximum atomic E-state index is 12.8. The summed E-state index contributed by atoms with van der Waals surface area (Å²) in [4.78, 5) is 27.0. The van der Waals surface area contributed by atoms with Gasteiger partial charge in [-0.25, -0.2) is 10.4 Å². The number of benzene rings is 2. The van der Waals surface area contributed by atoms with Crippen LogP contribution in [0.1, 0.15) is 106 Å². The second-order valence-corrected chi connectivity index (χ2v) is 11.1. The van der Waals surface area contributed by atoms with Gasteiger partial charge < -0.3 is 9.80 Å². The highest BCUT2D eigenvalue weighted by Gasteiger charge is 2.45. The Kier molecular flexibility index (Phi) is 11.1. The number of nitrogens with one attached hydrogen (secondary N) is 2. The van der Waals surface area contributed by atoms with Crippen molar-refractivity contribution < 1.29 is 4.79 Å². The monoisotopic (exact) mass is 556 g/mol. The van der Waals surface area contributed by atoms with Gasteiger partial charge in [0.25, 0.3) is 5.91 Å². The van der Waals surface area contributed by atoms with Crippen molar-refractivity contribution in [1.82, 2.24) is 20.8 Å². The lowest BCUT2D eigenvalue weighted by atomic mass is 9.78. The van der Waals surface area contributed by atoms with Gasteiger partial charge in [-0.1, -0.05) is 77.6 Å². The van der Waals surface area contributed by atoms with Crippen molar-refractivity contribution in [3.63, 3.8) is 0 Å². The molecule has 2 heterocycles. The molecule has 0 spiro atoms. The smallest absolute Gasteiger partial charge is 0.286 e. The van der Waals surface area contributed by atoms with Crippen LogP contribution in [0, 0.1) is 0 Å². The van der Waals surface area contributed by atoms with Crippen LogP contribution in [-0.4, -0.2) is 42.1 Å². The Morgan fingerprint density at radius 2 is 1.05 bits per heavy atom. The Balaban J connectivity index is 1.76. The Morgan fingerprint density at radius 1 is 0.634 bits per heavy atom. The predicted octanol–water partition coefficient (Wildman–Crippen LogP) is 6.83. The quantitative estimate of drug-likeness (QED) is 0.201. The van der Waals surface area contributed by atoms with Crippen LogP contribution < -0.4 is 20.7 Å². The SMILES string of the molecule is CCCCN(CCCC)c1ccc(C2(c3ccc(N(CCCC)CCCC)cc3)NNC(=O)c3nccnc32)cc1. The van der Waals surface area contributed by atoms with Gasteiger partial charge in [0, 0.05) is 49.9 Å². The molecule has 2 aromatic carbocycles. The minimum Gasteiger partial charge on any atom is -0.372 e. The number of unbranched alkanes of at least 4 members (excludes halogenated alkanes) is 4. The van der Waals surface area contributed by atoms with Gasteiger partial charge in [0.2, 0.25) is 0 Å². The Morgan fingerprint density at radius 3 is 1.46 bits per heavy atom. The van der Waals surface area contributed by atoms with E-state index in [0.717, 1.165) is 37.3 Å². The maximum Gasteiger partial charge on any atom is 0.286 e. The number of carbonyl (C=O) groups is 1. The first-order valence-corrected chi connectivity index (χ1v) is 15.7. The Bertz CT molecular complexity index is 1150. The van der Waals surface area contributed by atoms with Gasteiger partial charge in [-0.2, -0.15) is 0 Å². The first-order chi connectivity index (χ1) is 20.1. The van der Waals surface area contributed by atoms with Gasteiger partial charge in [0.15, 0.2) is 5.69 Å². The third kappa shape index (κ3) is 6.89. The van der Waals surface area contributed by atoms with Crippen molar-refractivity contribution in [3.8, 4) is 0 Å². The fourth-order valence-corrected chi connectivity index (χ4v) is 5.61. The topological polar surface area (TPSA) is 73.4 Å². The average Bonchev–Trinajstić information content (AvgIpc) is 3.02. The molecule has 0 radical (unpaired) electrons. The van der Waals surface area contributed by atoms with E-state index in [1.165, 1.54) is 62.7 Å². The third-order valence-corrected chi connectivity index (χ3v) is 8.09. The molecule has 1 aliphatic heterocycles. The van der Waals surface area contributed by atoms with Crippen molar-refractivity contribution in [1.29, 1.82) is 0 Å². The first-order valence-electron chi connectivity index (χ1n) is 15.7. The van der Waals surface area contributed by atoms with E-state index in [-0.39, 0.29) is 5.91 Å². The molecule has 220 valence electrons. The van der Waals surface area contributed by atoms with Crippen LogP contribution in [-0.2, 0) is 5.54 Å². The molecular formula is C34H48N6O. The lowest BCUT2D eigenvalue weighted by Crippen LogP contribution is -2.59. The number of hydrogen-bond acceptors (Lipinski definition) is 6. The minimum absolute atomic E-state index is 0.271. The average molecular weight is 557 g/mol. The highest BCUT2D eigenvalue weighted by Crippen LogP contribution is 2.39. The summed E-state index contributed by atoms with van der Waals surface area (Å²) in [6.45, 7) is 13.2. The van der Waals surface area contributed by atoms with E-state index < -0.39 is 5.54 Å². The van der Waals surface area contributed by atoms with Crippen molar-refractivity contribution in [2.75, 3.05) is 36.0 Å². The Hall–Kier alpha value is -3.45. The number of aromatic nitrogens is 2. The normalized spacial score (nSPS) is 13.9. The highest BCUT2D eigenvalue weighted by atomic mass is 16.2. The van der Waals surface area contributed by atoms with Crippen molar-refractivity contribution in [2.45, 2.75) is 84.6 Å². The summed E-state index contributed by atoms with van der Waals surface area (Å²) in [5.74, 6) is -0.271. The van der Waals surface area contributed by atoms with E-state index in [9.17, 15) is 4.79 Å². The van der Waals surface area contributed by atoms with Crippen molar-refractivity contribution in [2.24, 2.45) is 0 Å². The zero-order chi connectivity index (χ0) is 29.1. The molecule has 0 saturated carbocycles. The highest BCUT2D eigenvalue weighted by molar-refractivity contribution is 5.95. The summed E-state index contributed by atoms with van der Waals surface area (Å²) in [7, 11) is 0. The summed E-state index contributed by atoms with van der Waals surface area (Å²) in [5, 5.41) is 0. The van der Waals surface area contributed by atoms with Crippen LogP contribution >= 0.6 is 0 Å². The number of amides is 1. The molecule has 41 heavy (non-hydrogen) atoms. The van der Waals surface area contributed by atoms with E-state index in [1.807, 2.05) is 0 Å². The molecule has 1 amide bonds. The fraction of sp³-hybridized carbons (Fsp3) is 0.500. The van der Waals surface area contributed by atoms with Crippen LogP contribution in [0.5, 0.6) is 0 Å². The van der Waals surface area contributed by atoms with E-state index in [2.05, 4.69) is 102 Å². The van der Waals surface area contributed by atoms with Crippen LogP contribution in [0.4, 0.5) is 11.4 Å². The summed E-state index contributed by atoms with van der Waals surface area (Å²) in [5.41, 5.74) is 10.8. The van der Waals surface area contributed by atoms with Gasteiger partial charge in [-0.15, -0.1) is 0 Å². The zero-order valence-electron chi connectivity index (χ0n) is 25.5. The predicted molar refractivity (Wildman–Crippen MR) is 169 cm³/mol. The number of hydrazine groups is 1. The number of fused-ring (bicyclic) bond motifs is 1. The largest absolute Gasteiger partial charge is 0.372 e. The number of hydrogen-bond donors (Lipinski definition) is 2. The zero-order valence-corrected chi connectivity index (χ0v) is 25.5. The van der Waals surface area contributed by atoms with Crippen molar-refractivity contribution in [3.05, 3.63) is 83.4 Å². The summed E-state index contributed by atoms with van der Waals surface area (Å²) >= 11 is 0. The lowest BCUT2D eigenvalue weighted by Gasteiger charge is -2.39. The van der Waals surface area contributed by atoms with E-state index in [1.54, 1.807) is 12.4 Å². The number of carbonyl (C=O) groups excluding carboxylic acids is 1. The molecule has 4 rings (SSSR count). The molecular weight excluding hydrogens is 508 g/mol. The van der Waals surface area contributed by atoms with Crippen molar-refractivity contribution >= 4 is 17.3 Å². The molecule has 1 aliphatic rings. The Labute approximate surface area is 246 Å². The molecule has 0 unspecified atom stereocenters. The van der Waals surface area contributed by atoms with E-state index in [4.69, 9.17) is 4.98 Å². The van der Waals surface area contributed by atoms with Crippen LogP contribution in [0.25, 0.3) is 0 Å². The molecule has 2 N–H and O–H groups in total. The summed E-state index contributed by atoms with van der Waals surface area (Å²) in [6, 6.07) is 17.5. The number of anilines is 2. The van der Waals surface area contributed by atoms with Gasteiger partial charge in [0.05, 0.1) is 0 Å². The molecule has 3 aromatic rings. The summed E-state index contributed by atoms with van der Waals surface area (Å²) < 4.78 is 0. The van der Waals surface area contributed by atoms with Gasteiger partial charge >= 0.3 is 0 Å². The first kappa shape index (κ1) is 30.5. The molecule has 1 aromatic heterocycles. The molecule has 0 saturated heterocycles. The van der Waals surface area contributed by atoms with E-state index in [0.29, 0.717) is 11.4 Å². The fourth-order valence-electron chi connectivity index (χ4n) is 5.61. The summed E-state index contributed by atoms with van der Waals surface area (Å²) in [6.07, 6.45) is 12.6. The maximum absolute atomic E-state index is 12.8. The van der Waals surface area contributed by atoms with E-state index >= 15 is 0 Å². The van der Waals surface area contributed by atoms with Gasteiger partial charge in [-0.3, -0.25) is 15.2 Å². The second kappa shape index (κ2) is 15.0. The molecule has 0 atom stereocenters. The standard InChI is InChI=1S/C34H48N6O/c1-5-9-23-39(24-10-6-2)29-17-13-27(14-18-29)34(32-31(33(41)37-38-34)35-21-22-36-32)28-15-19-30(20-16-28)40(25-11-7-3)26-12-8-4/h13-22,38H,5-12,23-26H2,1-4H3,(H,37,41). The molecule has 0 fully saturated rings. The van der Waals surface area contributed by atoms with Crippen LogP contribution in [0.15, 0.2) is 60.9 Å². The third-order valence-electron chi connectivity index (χ3n) is 8.09. The molecule has 0 aliphatic carbocycles. The minimum atomic E-state index is -0.871. The molecule has 7 heteroatoms. The van der Waals surface area contributed by atoms with Gasteiger partial charge in [0.1, 0.15) is 11.2 Å². The van der Waals surface area contributed by atoms with Crippen LogP contribution in [0.2, 0.25) is 0 Å². The molecule has 0 bridgehead atoms.